The Balaban J connectivity index is 1.53. The zero-order valence-corrected chi connectivity index (χ0v) is 31.8. The van der Waals surface area contributed by atoms with Crippen LogP contribution in [0, 0.1) is 27.7 Å². The molecule has 0 saturated heterocycles. The first-order chi connectivity index (χ1) is 25.1. The van der Waals surface area contributed by atoms with Gasteiger partial charge in [-0.1, -0.05) is 100 Å². The second kappa shape index (κ2) is 13.2. The van der Waals surface area contributed by atoms with E-state index in [-0.39, 0.29) is 0 Å². The van der Waals surface area contributed by atoms with Crippen molar-refractivity contribution in [3.63, 3.8) is 0 Å². The monoisotopic (exact) mass is 676 g/mol. The van der Waals surface area contributed by atoms with Crippen LogP contribution in [0.15, 0.2) is 133 Å². The lowest BCUT2D eigenvalue weighted by Crippen LogP contribution is -2.13. The van der Waals surface area contributed by atoms with Gasteiger partial charge in [-0.2, -0.15) is 0 Å². The number of nitrogens with zero attached hydrogens (tertiary/aromatic N) is 2. The van der Waals surface area contributed by atoms with Crippen molar-refractivity contribution in [2.45, 2.75) is 67.2 Å². The molecule has 0 N–H and O–H groups in total. The van der Waals surface area contributed by atoms with Crippen molar-refractivity contribution in [2.24, 2.45) is 0 Å². The van der Waals surface area contributed by atoms with Crippen LogP contribution in [-0.4, -0.2) is 0 Å². The number of benzene rings is 8. The third-order valence-corrected chi connectivity index (χ3v) is 10.6. The van der Waals surface area contributed by atoms with Crippen molar-refractivity contribution in [3.8, 4) is 0 Å². The van der Waals surface area contributed by atoms with E-state index < -0.39 is 0 Å². The summed E-state index contributed by atoms with van der Waals surface area (Å²) in [7, 11) is 0. The lowest BCUT2D eigenvalue weighted by molar-refractivity contribution is 0.875. The summed E-state index contributed by atoms with van der Waals surface area (Å²) in [4.78, 5) is 4.96. The molecule has 8 aromatic carbocycles. The topological polar surface area (TPSA) is 6.48 Å². The molecule has 2 heteroatoms. The van der Waals surface area contributed by atoms with Gasteiger partial charge in [0.05, 0.1) is 11.4 Å². The average Bonchev–Trinajstić information content (AvgIpc) is 3.11. The summed E-state index contributed by atoms with van der Waals surface area (Å²) in [5.74, 6) is 0.667. The molecule has 0 aliphatic rings. The minimum atomic E-state index is 0.334. The van der Waals surface area contributed by atoms with Crippen molar-refractivity contribution in [2.75, 3.05) is 9.80 Å². The fourth-order valence-corrected chi connectivity index (χ4v) is 8.50. The Kier molecular flexibility index (Phi) is 8.50. The largest absolute Gasteiger partial charge is 0.310 e. The molecule has 0 saturated carbocycles. The van der Waals surface area contributed by atoms with Gasteiger partial charge in [0, 0.05) is 33.5 Å². The van der Waals surface area contributed by atoms with E-state index in [0.717, 1.165) is 11.4 Å². The summed E-state index contributed by atoms with van der Waals surface area (Å²) in [6, 6.07) is 50.1. The molecule has 0 unspecified atom stereocenters. The Morgan fingerprint density at radius 3 is 1.00 bits per heavy atom. The first kappa shape index (κ1) is 33.5. The van der Waals surface area contributed by atoms with E-state index in [1.807, 2.05) is 0 Å². The molecular weight excluding hydrogens is 629 g/mol. The van der Waals surface area contributed by atoms with Gasteiger partial charge < -0.3 is 9.80 Å². The predicted octanol–water partition coefficient (Wildman–Crippen LogP) is 15.0. The second-order valence-corrected chi connectivity index (χ2v) is 15.4. The summed E-state index contributed by atoms with van der Waals surface area (Å²) in [5.41, 5.74) is 14.9. The molecule has 0 spiro atoms. The van der Waals surface area contributed by atoms with Gasteiger partial charge >= 0.3 is 0 Å². The Morgan fingerprint density at radius 1 is 0.346 bits per heavy atom. The van der Waals surface area contributed by atoms with Gasteiger partial charge in [0.25, 0.3) is 0 Å². The van der Waals surface area contributed by atoms with Crippen LogP contribution in [-0.2, 0) is 0 Å². The smallest absolute Gasteiger partial charge is 0.0543 e. The molecule has 0 aromatic heterocycles. The molecule has 0 atom stereocenters. The van der Waals surface area contributed by atoms with E-state index in [1.165, 1.54) is 88.4 Å². The molecule has 0 aliphatic carbocycles. The van der Waals surface area contributed by atoms with E-state index >= 15 is 0 Å². The van der Waals surface area contributed by atoms with Gasteiger partial charge in [0.15, 0.2) is 0 Å². The van der Waals surface area contributed by atoms with Gasteiger partial charge in [0.2, 0.25) is 0 Å². The minimum absolute atomic E-state index is 0.334. The van der Waals surface area contributed by atoms with E-state index in [9.17, 15) is 0 Å². The van der Waals surface area contributed by atoms with Crippen molar-refractivity contribution < 1.29 is 0 Å². The molecule has 0 radical (unpaired) electrons. The molecule has 0 aliphatic heterocycles. The Morgan fingerprint density at radius 2 is 0.673 bits per heavy atom. The maximum atomic E-state index is 2.48. The summed E-state index contributed by atoms with van der Waals surface area (Å²) >= 11 is 0. The predicted molar refractivity (Wildman–Crippen MR) is 227 cm³/mol. The third-order valence-electron chi connectivity index (χ3n) is 10.6. The summed E-state index contributed by atoms with van der Waals surface area (Å²) in [6.45, 7) is 18.1. The number of rotatable bonds is 8. The van der Waals surface area contributed by atoms with Crippen LogP contribution in [0.2, 0.25) is 0 Å². The van der Waals surface area contributed by atoms with E-state index in [0.29, 0.717) is 11.8 Å². The number of para-hydroxylation sites is 2. The third kappa shape index (κ3) is 5.77. The number of hydrogen-bond acceptors (Lipinski definition) is 2. The zero-order valence-electron chi connectivity index (χ0n) is 31.8. The van der Waals surface area contributed by atoms with Crippen molar-refractivity contribution in [3.05, 3.63) is 167 Å². The van der Waals surface area contributed by atoms with Crippen molar-refractivity contribution >= 4 is 66.4 Å². The van der Waals surface area contributed by atoms with Crippen molar-refractivity contribution in [1.82, 2.24) is 0 Å². The van der Waals surface area contributed by atoms with Crippen LogP contribution in [0.1, 0.15) is 72.9 Å². The number of aryl methyl sites for hydroxylation is 4. The highest BCUT2D eigenvalue weighted by Gasteiger charge is 2.26. The molecule has 0 heterocycles. The molecular formula is C50H48N2. The minimum Gasteiger partial charge on any atom is -0.310 e. The van der Waals surface area contributed by atoms with Gasteiger partial charge in [-0.25, -0.2) is 0 Å². The lowest BCUT2D eigenvalue weighted by atomic mass is 9.84. The number of anilines is 6. The summed E-state index contributed by atoms with van der Waals surface area (Å²) in [6.07, 6.45) is 0. The molecule has 258 valence electrons. The first-order valence-electron chi connectivity index (χ1n) is 18.7. The maximum Gasteiger partial charge on any atom is 0.0543 e. The molecule has 0 amide bonds. The SMILES string of the molecule is Cc1cc(C)cc(N(c2ccccc2)c2cc(C(C)C)c3ccc4c(N(c5ccccc5)c5cc(C)cc(C)c5)cc(C(C)C)c5ccc2c3c54)c1. The van der Waals surface area contributed by atoms with E-state index in [4.69, 9.17) is 0 Å². The van der Waals surface area contributed by atoms with Crippen LogP contribution in [0.5, 0.6) is 0 Å². The number of hydrogen-bond donors (Lipinski definition) is 0. The van der Waals surface area contributed by atoms with Crippen LogP contribution < -0.4 is 9.80 Å². The molecule has 8 rings (SSSR count). The molecule has 0 bridgehead atoms. The van der Waals surface area contributed by atoms with Gasteiger partial charge in [0.1, 0.15) is 0 Å². The Labute approximate surface area is 309 Å². The second-order valence-electron chi connectivity index (χ2n) is 15.4. The van der Waals surface area contributed by atoms with E-state index in [2.05, 4.69) is 199 Å². The highest BCUT2D eigenvalue weighted by atomic mass is 15.1. The van der Waals surface area contributed by atoms with Gasteiger partial charge in [-0.15, -0.1) is 0 Å². The lowest BCUT2D eigenvalue weighted by Gasteiger charge is -2.32. The molecule has 2 nitrogen and oxygen atoms in total. The first-order valence-corrected chi connectivity index (χ1v) is 18.7. The van der Waals surface area contributed by atoms with Gasteiger partial charge in [-0.3, -0.25) is 0 Å². The highest BCUT2D eigenvalue weighted by molar-refractivity contribution is 6.29. The summed E-state index contributed by atoms with van der Waals surface area (Å²) < 4.78 is 0. The average molecular weight is 677 g/mol. The quantitative estimate of drug-likeness (QED) is 0.148. The Hall–Kier alpha value is -5.60. The normalized spacial score (nSPS) is 11.8. The van der Waals surface area contributed by atoms with Crippen LogP contribution in [0.3, 0.4) is 0 Å². The Bertz CT molecular complexity index is 2340. The standard InChI is InChI=1S/C50H48N2/c1-31(2)45-29-47(51(37-15-11-9-12-16-37)39-25-33(5)23-34(6)26-39)43-22-20-42-46(32(3)4)30-48(44-21-19-41(45)49(43)50(42)44)52(38-17-13-10-14-18-38)40-27-35(7)24-36(8)28-40/h9-32H,1-8H3. The zero-order chi connectivity index (χ0) is 36.3. The fourth-order valence-electron chi connectivity index (χ4n) is 8.50. The van der Waals surface area contributed by atoms with Crippen LogP contribution in [0.25, 0.3) is 32.3 Å². The van der Waals surface area contributed by atoms with Crippen molar-refractivity contribution in [1.29, 1.82) is 0 Å². The van der Waals surface area contributed by atoms with Crippen LogP contribution in [0.4, 0.5) is 34.1 Å². The van der Waals surface area contributed by atoms with Gasteiger partial charge in [-0.05, 0) is 155 Å². The molecule has 0 fully saturated rings. The van der Waals surface area contributed by atoms with E-state index in [1.54, 1.807) is 0 Å². The molecule has 8 aromatic rings. The summed E-state index contributed by atoms with van der Waals surface area (Å²) in [5, 5.41) is 7.90. The van der Waals surface area contributed by atoms with Crippen LogP contribution >= 0.6 is 0 Å². The fraction of sp³-hybridized carbons (Fsp3) is 0.200. The molecule has 52 heavy (non-hydrogen) atoms. The highest BCUT2D eigenvalue weighted by Crippen LogP contribution is 2.51. The maximum absolute atomic E-state index is 2.48.